The van der Waals surface area contributed by atoms with Gasteiger partial charge in [0, 0.05) is 13.2 Å². The zero-order valence-corrected chi connectivity index (χ0v) is 9.80. The van der Waals surface area contributed by atoms with Gasteiger partial charge in [-0.05, 0) is 20.3 Å². The first-order chi connectivity index (χ1) is 6.39. The first kappa shape index (κ1) is 11.2. The summed E-state index contributed by atoms with van der Waals surface area (Å²) in [5.74, 6) is 0.715. The maximum atomic E-state index is 11.9. The molecular formula is C9H16N2O2S. The molecule has 0 N–H and O–H groups in total. The molecule has 0 fully saturated rings. The van der Waals surface area contributed by atoms with E-state index in [1.165, 1.54) is 0 Å². The maximum absolute atomic E-state index is 11.9. The Balaban J connectivity index is 3.17. The van der Waals surface area contributed by atoms with Crippen molar-refractivity contribution in [1.29, 1.82) is 0 Å². The minimum Gasteiger partial charge on any atom is -0.337 e. The molecule has 0 saturated carbocycles. The zero-order chi connectivity index (χ0) is 10.9. The summed E-state index contributed by atoms with van der Waals surface area (Å²) in [6, 6.07) is 0. The van der Waals surface area contributed by atoms with E-state index in [2.05, 4.69) is 4.98 Å². The summed E-state index contributed by atoms with van der Waals surface area (Å²) >= 11 is 0. The van der Waals surface area contributed by atoms with Gasteiger partial charge in [-0.15, -0.1) is 0 Å². The molecule has 80 valence electrons. The van der Waals surface area contributed by atoms with Crippen LogP contribution in [0.15, 0.2) is 11.2 Å². The highest BCUT2D eigenvalue weighted by atomic mass is 32.2. The number of aryl methyl sites for hydroxylation is 2. The van der Waals surface area contributed by atoms with Gasteiger partial charge in [-0.2, -0.15) is 0 Å². The Labute approximate surface area is 84.9 Å². The SMILES string of the molecule is CCC(C)S(=O)(=O)c1cn(C)c(C)n1. The van der Waals surface area contributed by atoms with Crippen LogP contribution >= 0.6 is 0 Å². The maximum Gasteiger partial charge on any atom is 0.199 e. The number of sulfone groups is 1. The lowest BCUT2D eigenvalue weighted by atomic mass is 10.4. The van der Waals surface area contributed by atoms with Gasteiger partial charge in [0.1, 0.15) is 5.82 Å². The summed E-state index contributed by atoms with van der Waals surface area (Å²) in [4.78, 5) is 4.03. The van der Waals surface area contributed by atoms with Crippen LogP contribution in [0.25, 0.3) is 0 Å². The van der Waals surface area contributed by atoms with Gasteiger partial charge >= 0.3 is 0 Å². The second-order valence-electron chi connectivity index (χ2n) is 3.50. The standard InChI is InChI=1S/C9H16N2O2S/c1-5-7(2)14(12,13)9-6-11(4)8(3)10-9/h6-7H,5H2,1-4H3. The summed E-state index contributed by atoms with van der Waals surface area (Å²) in [5, 5.41) is -0.177. The molecule has 5 heteroatoms. The summed E-state index contributed by atoms with van der Waals surface area (Å²) in [5.41, 5.74) is 0. The Morgan fingerprint density at radius 1 is 1.57 bits per heavy atom. The zero-order valence-electron chi connectivity index (χ0n) is 8.98. The van der Waals surface area contributed by atoms with Gasteiger partial charge in [-0.1, -0.05) is 6.92 Å². The highest BCUT2D eigenvalue weighted by Crippen LogP contribution is 2.16. The molecule has 0 aliphatic rings. The van der Waals surface area contributed by atoms with Gasteiger partial charge in [-0.25, -0.2) is 13.4 Å². The molecule has 0 aliphatic heterocycles. The lowest BCUT2D eigenvalue weighted by molar-refractivity contribution is 0.577. The highest BCUT2D eigenvalue weighted by molar-refractivity contribution is 7.92. The molecule has 4 nitrogen and oxygen atoms in total. The third kappa shape index (κ3) is 1.82. The van der Waals surface area contributed by atoms with Gasteiger partial charge in [0.2, 0.25) is 0 Å². The second-order valence-corrected chi connectivity index (χ2v) is 5.81. The Hall–Kier alpha value is -0.840. The first-order valence-electron chi connectivity index (χ1n) is 4.63. The van der Waals surface area contributed by atoms with E-state index in [9.17, 15) is 8.42 Å². The van der Waals surface area contributed by atoms with Gasteiger partial charge in [0.05, 0.1) is 5.25 Å². The quantitative estimate of drug-likeness (QED) is 0.765. The van der Waals surface area contributed by atoms with Crippen molar-refractivity contribution in [3.8, 4) is 0 Å². The van der Waals surface area contributed by atoms with E-state index in [4.69, 9.17) is 0 Å². The average molecular weight is 216 g/mol. The van der Waals surface area contributed by atoms with E-state index in [1.54, 1.807) is 31.7 Å². The minimum atomic E-state index is -3.22. The number of imidazole rings is 1. The molecule has 0 spiro atoms. The van der Waals surface area contributed by atoms with Crippen molar-refractivity contribution >= 4 is 9.84 Å². The third-order valence-electron chi connectivity index (χ3n) is 2.48. The van der Waals surface area contributed by atoms with Crippen molar-refractivity contribution in [1.82, 2.24) is 9.55 Å². The lowest BCUT2D eigenvalue weighted by Crippen LogP contribution is -2.17. The van der Waals surface area contributed by atoms with Crippen molar-refractivity contribution in [2.45, 2.75) is 37.5 Å². The predicted octanol–water partition coefficient (Wildman–Crippen LogP) is 1.30. The molecule has 1 aromatic rings. The number of nitrogens with zero attached hydrogens (tertiary/aromatic N) is 2. The fourth-order valence-electron chi connectivity index (χ4n) is 1.09. The van der Waals surface area contributed by atoms with Crippen LogP contribution in [0.1, 0.15) is 26.1 Å². The summed E-state index contributed by atoms with van der Waals surface area (Å²) in [7, 11) is -1.43. The molecule has 1 rings (SSSR count). The van der Waals surface area contributed by atoms with Crippen LogP contribution in [-0.4, -0.2) is 23.2 Å². The average Bonchev–Trinajstić information content (AvgIpc) is 2.46. The van der Waals surface area contributed by atoms with Crippen LogP contribution in [0.2, 0.25) is 0 Å². The molecule has 1 aromatic heterocycles. The Morgan fingerprint density at radius 3 is 2.50 bits per heavy atom. The predicted molar refractivity (Wildman–Crippen MR) is 54.9 cm³/mol. The first-order valence-corrected chi connectivity index (χ1v) is 6.18. The summed E-state index contributed by atoms with van der Waals surface area (Å²) < 4.78 is 25.4. The molecule has 1 atom stereocenters. The smallest absolute Gasteiger partial charge is 0.199 e. The van der Waals surface area contributed by atoms with E-state index in [1.807, 2.05) is 6.92 Å². The van der Waals surface area contributed by atoms with E-state index >= 15 is 0 Å². The Bertz CT molecular complexity index is 401. The van der Waals surface area contributed by atoms with Crippen molar-refractivity contribution in [2.75, 3.05) is 0 Å². The van der Waals surface area contributed by atoms with Crippen LogP contribution in [0, 0.1) is 6.92 Å². The van der Waals surface area contributed by atoms with Crippen LogP contribution in [0.4, 0.5) is 0 Å². The van der Waals surface area contributed by atoms with Gasteiger partial charge in [-0.3, -0.25) is 0 Å². The molecule has 0 aliphatic carbocycles. The molecule has 0 radical (unpaired) electrons. The van der Waals surface area contributed by atoms with E-state index in [-0.39, 0.29) is 10.3 Å². The van der Waals surface area contributed by atoms with Gasteiger partial charge in [0.15, 0.2) is 14.9 Å². The Morgan fingerprint density at radius 2 is 2.14 bits per heavy atom. The number of hydrogen-bond donors (Lipinski definition) is 0. The van der Waals surface area contributed by atoms with Crippen molar-refractivity contribution < 1.29 is 8.42 Å². The molecule has 0 amide bonds. The van der Waals surface area contributed by atoms with E-state index < -0.39 is 9.84 Å². The van der Waals surface area contributed by atoms with Gasteiger partial charge in [0.25, 0.3) is 0 Å². The van der Waals surface area contributed by atoms with Crippen LogP contribution in [-0.2, 0) is 16.9 Å². The number of hydrogen-bond acceptors (Lipinski definition) is 3. The molecule has 1 heterocycles. The second kappa shape index (κ2) is 3.73. The largest absolute Gasteiger partial charge is 0.337 e. The molecular weight excluding hydrogens is 200 g/mol. The molecule has 14 heavy (non-hydrogen) atoms. The fourth-order valence-corrected chi connectivity index (χ4v) is 2.50. The molecule has 1 unspecified atom stereocenters. The summed E-state index contributed by atoms with van der Waals surface area (Å²) in [6.07, 6.45) is 2.18. The Kier molecular flexibility index (Phi) is 2.99. The van der Waals surface area contributed by atoms with E-state index in [0.717, 1.165) is 0 Å². The van der Waals surface area contributed by atoms with Crippen LogP contribution < -0.4 is 0 Å². The molecule has 0 aromatic carbocycles. The fraction of sp³-hybridized carbons (Fsp3) is 0.667. The molecule has 0 bridgehead atoms. The third-order valence-corrected chi connectivity index (χ3v) is 4.66. The monoisotopic (exact) mass is 216 g/mol. The lowest BCUT2D eigenvalue weighted by Gasteiger charge is -2.06. The van der Waals surface area contributed by atoms with Crippen molar-refractivity contribution in [3.05, 3.63) is 12.0 Å². The number of rotatable bonds is 3. The van der Waals surface area contributed by atoms with Crippen molar-refractivity contribution in [3.63, 3.8) is 0 Å². The molecule has 0 saturated heterocycles. The van der Waals surface area contributed by atoms with Crippen LogP contribution in [0.5, 0.6) is 0 Å². The highest BCUT2D eigenvalue weighted by Gasteiger charge is 2.24. The topological polar surface area (TPSA) is 52.0 Å². The van der Waals surface area contributed by atoms with Crippen molar-refractivity contribution in [2.24, 2.45) is 7.05 Å². The normalized spacial score (nSPS) is 14.3. The summed E-state index contributed by atoms with van der Waals surface area (Å²) in [6.45, 7) is 5.35. The minimum absolute atomic E-state index is 0.187. The van der Waals surface area contributed by atoms with Crippen LogP contribution in [0.3, 0.4) is 0 Å². The number of aromatic nitrogens is 2. The van der Waals surface area contributed by atoms with Gasteiger partial charge < -0.3 is 4.57 Å². The van der Waals surface area contributed by atoms with E-state index in [0.29, 0.717) is 12.2 Å².